The first kappa shape index (κ1) is 12.6. The third-order valence-corrected chi connectivity index (χ3v) is 3.60. The van der Waals surface area contributed by atoms with Gasteiger partial charge < -0.3 is 29.9 Å². The fourth-order valence-corrected chi connectivity index (χ4v) is 2.52. The molecule has 4 N–H and O–H groups in total. The summed E-state index contributed by atoms with van der Waals surface area (Å²) in [6, 6.07) is 1.87. The van der Waals surface area contributed by atoms with Gasteiger partial charge in [0.25, 0.3) is 0 Å². The van der Waals surface area contributed by atoms with Crippen molar-refractivity contribution < 1.29 is 20.1 Å². The topological polar surface area (TPSA) is 101 Å². The Morgan fingerprint density at radius 2 is 2.21 bits per heavy atom. The van der Waals surface area contributed by atoms with E-state index in [2.05, 4.69) is 9.98 Å². The molecule has 1 aromatic rings. The van der Waals surface area contributed by atoms with Crippen molar-refractivity contribution in [2.75, 3.05) is 6.61 Å². The van der Waals surface area contributed by atoms with Crippen LogP contribution in [0.4, 0.5) is 0 Å². The Hall–Kier alpha value is -1.41. The van der Waals surface area contributed by atoms with E-state index in [0.29, 0.717) is 0 Å². The molecule has 2 unspecified atom stereocenters. The fraction of sp³-hybridized carbons (Fsp3) is 0.583. The molecule has 0 aliphatic carbocycles. The van der Waals surface area contributed by atoms with E-state index in [-0.39, 0.29) is 12.8 Å². The number of aliphatic hydroxyl groups excluding tert-OH is 3. The van der Waals surface area contributed by atoms with E-state index in [9.17, 15) is 10.2 Å². The average Bonchev–Trinajstić information content (AvgIpc) is 2.95. The first-order valence-corrected chi connectivity index (χ1v) is 6.25. The lowest BCUT2D eigenvalue weighted by molar-refractivity contribution is -0.0837. The monoisotopic (exact) mass is 267 g/mol. The molecule has 0 saturated carbocycles. The van der Waals surface area contributed by atoms with Crippen molar-refractivity contribution >= 4 is 6.20 Å². The quantitative estimate of drug-likeness (QED) is 0.473. The van der Waals surface area contributed by atoms with Gasteiger partial charge in [0, 0.05) is 17.6 Å². The maximum absolute atomic E-state index is 10.0. The maximum atomic E-state index is 10.0. The van der Waals surface area contributed by atoms with Crippen molar-refractivity contribution in [1.29, 1.82) is 0 Å². The Morgan fingerprint density at radius 3 is 2.89 bits per heavy atom. The van der Waals surface area contributed by atoms with Gasteiger partial charge in [-0.15, -0.1) is 0 Å². The van der Waals surface area contributed by atoms with E-state index >= 15 is 0 Å². The standard InChI is InChI=1S/C12H17N3O4/c1-6-14-11-7(2-3-13-11)4-15(6)12-10(18)9(17)8(5-16)19-12/h2-4,6,8-10,12,16-18H,5H2,1H3,(H,13,14)/t6?,8-,9-,10-,12?/m1/s1. The van der Waals surface area contributed by atoms with Crippen LogP contribution in [0.2, 0.25) is 0 Å². The van der Waals surface area contributed by atoms with Crippen molar-refractivity contribution in [2.45, 2.75) is 37.6 Å². The summed E-state index contributed by atoms with van der Waals surface area (Å²) in [6.45, 7) is 1.54. The summed E-state index contributed by atoms with van der Waals surface area (Å²) in [7, 11) is 0. The van der Waals surface area contributed by atoms with Crippen LogP contribution < -0.4 is 10.7 Å². The van der Waals surface area contributed by atoms with Gasteiger partial charge in [-0.25, -0.2) is 4.99 Å². The number of H-pyrrole nitrogens is 1. The largest absolute Gasteiger partial charge is 0.394 e. The summed E-state index contributed by atoms with van der Waals surface area (Å²) in [6.07, 6.45) is -0.255. The lowest BCUT2D eigenvalue weighted by Crippen LogP contribution is -2.49. The van der Waals surface area contributed by atoms with Crippen LogP contribution in [-0.2, 0) is 4.74 Å². The zero-order chi connectivity index (χ0) is 13.6. The van der Waals surface area contributed by atoms with Gasteiger partial charge in [-0.1, -0.05) is 0 Å². The van der Waals surface area contributed by atoms with Crippen LogP contribution in [-0.4, -0.2) is 62.5 Å². The molecule has 0 amide bonds. The third-order valence-electron chi connectivity index (χ3n) is 3.60. The molecule has 2 aliphatic rings. The number of fused-ring (bicyclic) bond motifs is 1. The molecule has 5 atom stereocenters. The number of hydrogen-bond acceptors (Lipinski definition) is 6. The highest BCUT2D eigenvalue weighted by molar-refractivity contribution is 5.24. The van der Waals surface area contributed by atoms with Gasteiger partial charge in [0.1, 0.15) is 30.0 Å². The lowest BCUT2D eigenvalue weighted by Gasteiger charge is -2.33. The van der Waals surface area contributed by atoms with Crippen molar-refractivity contribution in [3.05, 3.63) is 23.0 Å². The highest BCUT2D eigenvalue weighted by Crippen LogP contribution is 2.26. The Bertz CT molecular complexity index is 572. The lowest BCUT2D eigenvalue weighted by atomic mass is 10.1. The van der Waals surface area contributed by atoms with Crippen LogP contribution in [0.15, 0.2) is 17.3 Å². The van der Waals surface area contributed by atoms with Gasteiger partial charge in [-0.2, -0.15) is 0 Å². The van der Waals surface area contributed by atoms with E-state index < -0.39 is 24.5 Å². The SMILES string of the molecule is CC1N=c2[nH]ccc2=CN1C1O[C@H](CO)[C@@H](O)[C@H]1O. The predicted molar refractivity (Wildman–Crippen MR) is 65.1 cm³/mol. The predicted octanol–water partition coefficient (Wildman–Crippen LogP) is -2.53. The Kier molecular flexibility index (Phi) is 3.06. The molecule has 3 rings (SSSR count). The molecule has 0 aromatic carbocycles. The molecule has 1 fully saturated rings. The van der Waals surface area contributed by atoms with Gasteiger partial charge >= 0.3 is 0 Å². The van der Waals surface area contributed by atoms with Crippen molar-refractivity contribution in [3.63, 3.8) is 0 Å². The highest BCUT2D eigenvalue weighted by Gasteiger charge is 2.45. The minimum Gasteiger partial charge on any atom is -0.394 e. The summed E-state index contributed by atoms with van der Waals surface area (Å²) in [4.78, 5) is 9.22. The van der Waals surface area contributed by atoms with Crippen molar-refractivity contribution in [1.82, 2.24) is 9.88 Å². The van der Waals surface area contributed by atoms with Crippen LogP contribution >= 0.6 is 0 Å². The van der Waals surface area contributed by atoms with Gasteiger partial charge in [-0.3, -0.25) is 0 Å². The number of aromatic nitrogens is 1. The number of aliphatic hydroxyl groups is 3. The van der Waals surface area contributed by atoms with Crippen LogP contribution in [0.5, 0.6) is 0 Å². The smallest absolute Gasteiger partial charge is 0.160 e. The summed E-state index contributed by atoms with van der Waals surface area (Å²) >= 11 is 0. The second-order valence-corrected chi connectivity index (χ2v) is 4.85. The molecule has 104 valence electrons. The minimum absolute atomic E-state index is 0.226. The second-order valence-electron chi connectivity index (χ2n) is 4.85. The summed E-state index contributed by atoms with van der Waals surface area (Å²) < 4.78 is 5.51. The molecule has 1 saturated heterocycles. The van der Waals surface area contributed by atoms with E-state index in [0.717, 1.165) is 10.7 Å². The van der Waals surface area contributed by atoms with Crippen LogP contribution in [0.25, 0.3) is 6.20 Å². The molecule has 3 heterocycles. The van der Waals surface area contributed by atoms with E-state index in [4.69, 9.17) is 9.84 Å². The Labute approximate surface area is 109 Å². The molecule has 7 nitrogen and oxygen atoms in total. The van der Waals surface area contributed by atoms with Gasteiger partial charge in [-0.05, 0) is 13.0 Å². The van der Waals surface area contributed by atoms with Gasteiger partial charge in [0.05, 0.1) is 6.61 Å². The number of nitrogens with zero attached hydrogens (tertiary/aromatic N) is 2. The number of rotatable bonds is 2. The summed E-state index contributed by atoms with van der Waals surface area (Å²) in [5.74, 6) is 0. The van der Waals surface area contributed by atoms with Crippen molar-refractivity contribution in [2.24, 2.45) is 4.99 Å². The Balaban J connectivity index is 1.91. The first-order chi connectivity index (χ1) is 9.11. The molecule has 19 heavy (non-hydrogen) atoms. The van der Waals surface area contributed by atoms with Gasteiger partial charge in [0.15, 0.2) is 6.23 Å². The summed E-state index contributed by atoms with van der Waals surface area (Å²) in [5, 5.41) is 29.8. The van der Waals surface area contributed by atoms with Crippen LogP contribution in [0, 0.1) is 0 Å². The highest BCUT2D eigenvalue weighted by atomic mass is 16.6. The zero-order valence-electron chi connectivity index (χ0n) is 10.5. The molecule has 0 spiro atoms. The maximum Gasteiger partial charge on any atom is 0.160 e. The second kappa shape index (κ2) is 4.61. The normalized spacial score (nSPS) is 37.7. The number of ether oxygens (including phenoxy) is 1. The fourth-order valence-electron chi connectivity index (χ4n) is 2.52. The third kappa shape index (κ3) is 1.95. The average molecular weight is 267 g/mol. The first-order valence-electron chi connectivity index (χ1n) is 6.25. The van der Waals surface area contributed by atoms with E-state index in [1.807, 2.05) is 19.2 Å². The van der Waals surface area contributed by atoms with Crippen LogP contribution in [0.3, 0.4) is 0 Å². The molecule has 0 radical (unpaired) electrons. The number of aromatic amines is 1. The van der Waals surface area contributed by atoms with E-state index in [1.165, 1.54) is 0 Å². The molecule has 2 aliphatic heterocycles. The van der Waals surface area contributed by atoms with Crippen LogP contribution in [0.1, 0.15) is 6.92 Å². The number of hydrogen-bond donors (Lipinski definition) is 4. The molecular weight excluding hydrogens is 250 g/mol. The molecule has 7 heteroatoms. The molecule has 0 bridgehead atoms. The number of nitrogens with one attached hydrogen (secondary N) is 1. The Morgan fingerprint density at radius 1 is 1.42 bits per heavy atom. The van der Waals surface area contributed by atoms with E-state index in [1.54, 1.807) is 11.1 Å². The molecular formula is C12H17N3O4. The van der Waals surface area contributed by atoms with Gasteiger partial charge in [0.2, 0.25) is 0 Å². The molecule has 1 aromatic heterocycles. The van der Waals surface area contributed by atoms with Crippen molar-refractivity contribution in [3.8, 4) is 0 Å². The summed E-state index contributed by atoms with van der Waals surface area (Å²) in [5.41, 5.74) is 0.787. The minimum atomic E-state index is -1.09. The zero-order valence-corrected chi connectivity index (χ0v) is 10.5.